The summed E-state index contributed by atoms with van der Waals surface area (Å²) in [6.07, 6.45) is 0.451. The number of carbonyl (C=O) groups is 2. The highest BCUT2D eigenvalue weighted by molar-refractivity contribution is 5.86. The van der Waals surface area contributed by atoms with Crippen molar-refractivity contribution in [2.24, 2.45) is 5.92 Å². The molecule has 1 aromatic carbocycles. The van der Waals surface area contributed by atoms with E-state index in [-0.39, 0.29) is 17.5 Å². The van der Waals surface area contributed by atoms with Gasteiger partial charge in [0.05, 0.1) is 5.69 Å². The molecule has 1 aliphatic heterocycles. The predicted octanol–water partition coefficient (Wildman–Crippen LogP) is 1.95. The number of aryl methyl sites for hydroxylation is 2. The van der Waals surface area contributed by atoms with Crippen LogP contribution in [0.2, 0.25) is 0 Å². The number of carboxylic acid groups (broad SMARTS) is 1. The molecule has 0 aliphatic carbocycles. The molecule has 1 unspecified atom stereocenters. The number of nitrogens with zero attached hydrogens (tertiary/aromatic N) is 4. The Bertz CT molecular complexity index is 828. The Hall–Kier alpha value is -2.70. The average molecular weight is 342 g/mol. The van der Waals surface area contributed by atoms with Gasteiger partial charge in [0.25, 0.3) is 0 Å². The lowest BCUT2D eigenvalue weighted by Crippen LogP contribution is -2.25. The standard InChI is InChI=1S/C18H22N4O3/c1-11-4-5-14(6-12(11)2)8-21-9-15(7-16(21)23)10-22-13(3)17(18(24)25)19-20-22/h4-6,15H,7-10H2,1-3H3,(H,24,25). The first-order valence-electron chi connectivity index (χ1n) is 8.32. The number of likely N-dealkylation sites (tertiary alicyclic amines) is 1. The second-order valence-corrected chi connectivity index (χ2v) is 6.77. The van der Waals surface area contributed by atoms with Crippen molar-refractivity contribution >= 4 is 11.9 Å². The van der Waals surface area contributed by atoms with E-state index in [9.17, 15) is 9.59 Å². The first-order valence-corrected chi connectivity index (χ1v) is 8.32. The number of aromatic nitrogens is 3. The van der Waals surface area contributed by atoms with E-state index in [1.54, 1.807) is 11.6 Å². The fraction of sp³-hybridized carbons (Fsp3) is 0.444. The van der Waals surface area contributed by atoms with Crippen molar-refractivity contribution in [3.8, 4) is 0 Å². The summed E-state index contributed by atoms with van der Waals surface area (Å²) < 4.78 is 1.58. The lowest BCUT2D eigenvalue weighted by atomic mass is 10.1. The maximum Gasteiger partial charge on any atom is 0.358 e. The minimum atomic E-state index is -1.08. The average Bonchev–Trinajstić information content (AvgIpc) is 3.07. The van der Waals surface area contributed by atoms with E-state index in [1.807, 2.05) is 4.90 Å². The molecular formula is C18H22N4O3. The van der Waals surface area contributed by atoms with Gasteiger partial charge < -0.3 is 10.0 Å². The second kappa shape index (κ2) is 6.66. The van der Waals surface area contributed by atoms with Crippen LogP contribution < -0.4 is 0 Å². The van der Waals surface area contributed by atoms with Crippen LogP contribution in [0.1, 0.15) is 39.3 Å². The Balaban J connectivity index is 1.66. The van der Waals surface area contributed by atoms with Crippen molar-refractivity contribution in [2.45, 2.75) is 40.3 Å². The fourth-order valence-corrected chi connectivity index (χ4v) is 3.23. The predicted molar refractivity (Wildman–Crippen MR) is 91.2 cm³/mol. The molecule has 1 atom stereocenters. The van der Waals surface area contributed by atoms with Gasteiger partial charge in [0.1, 0.15) is 0 Å². The third kappa shape index (κ3) is 3.55. The zero-order chi connectivity index (χ0) is 18.1. The normalized spacial score (nSPS) is 17.3. The van der Waals surface area contributed by atoms with Crippen LogP contribution in [0.3, 0.4) is 0 Å². The largest absolute Gasteiger partial charge is 0.476 e. The summed E-state index contributed by atoms with van der Waals surface area (Å²) >= 11 is 0. The highest BCUT2D eigenvalue weighted by atomic mass is 16.4. The van der Waals surface area contributed by atoms with Crippen molar-refractivity contribution < 1.29 is 14.7 Å². The molecule has 7 nitrogen and oxygen atoms in total. The van der Waals surface area contributed by atoms with E-state index < -0.39 is 5.97 Å². The highest BCUT2D eigenvalue weighted by Gasteiger charge is 2.30. The molecule has 132 valence electrons. The van der Waals surface area contributed by atoms with Gasteiger partial charge in [-0.1, -0.05) is 23.4 Å². The minimum absolute atomic E-state index is 0.0312. The van der Waals surface area contributed by atoms with E-state index in [4.69, 9.17) is 5.11 Å². The molecule has 1 aliphatic rings. The Morgan fingerprint density at radius 1 is 1.28 bits per heavy atom. The summed E-state index contributed by atoms with van der Waals surface area (Å²) in [5, 5.41) is 16.7. The number of benzene rings is 1. The monoisotopic (exact) mass is 342 g/mol. The molecule has 1 N–H and O–H groups in total. The lowest BCUT2D eigenvalue weighted by molar-refractivity contribution is -0.128. The second-order valence-electron chi connectivity index (χ2n) is 6.77. The van der Waals surface area contributed by atoms with Crippen molar-refractivity contribution in [3.63, 3.8) is 0 Å². The van der Waals surface area contributed by atoms with Gasteiger partial charge in [-0.15, -0.1) is 5.10 Å². The van der Waals surface area contributed by atoms with Crippen molar-refractivity contribution in [3.05, 3.63) is 46.3 Å². The molecule has 1 saturated heterocycles. The number of hydrogen-bond donors (Lipinski definition) is 1. The maximum absolute atomic E-state index is 12.3. The van der Waals surface area contributed by atoms with Gasteiger partial charge >= 0.3 is 5.97 Å². The van der Waals surface area contributed by atoms with E-state index in [0.717, 1.165) is 5.56 Å². The minimum Gasteiger partial charge on any atom is -0.476 e. The first kappa shape index (κ1) is 17.1. The molecule has 0 spiro atoms. The summed E-state index contributed by atoms with van der Waals surface area (Å²) in [6, 6.07) is 6.26. The van der Waals surface area contributed by atoms with Crippen LogP contribution in [0.4, 0.5) is 0 Å². The van der Waals surface area contributed by atoms with Crippen LogP contribution in [-0.2, 0) is 17.9 Å². The molecule has 1 aromatic heterocycles. The number of amides is 1. The Kier molecular flexibility index (Phi) is 4.57. The fourth-order valence-electron chi connectivity index (χ4n) is 3.23. The lowest BCUT2D eigenvalue weighted by Gasteiger charge is -2.17. The smallest absolute Gasteiger partial charge is 0.358 e. The van der Waals surface area contributed by atoms with Crippen LogP contribution in [0.5, 0.6) is 0 Å². The van der Waals surface area contributed by atoms with Crippen molar-refractivity contribution in [1.29, 1.82) is 0 Å². The molecule has 2 aromatic rings. The molecule has 7 heteroatoms. The summed E-state index contributed by atoms with van der Waals surface area (Å²) in [5.41, 5.74) is 4.08. The van der Waals surface area contributed by atoms with Gasteiger partial charge in [-0.2, -0.15) is 0 Å². The molecule has 1 amide bonds. The topological polar surface area (TPSA) is 88.3 Å². The van der Waals surface area contributed by atoms with Gasteiger partial charge in [0, 0.05) is 32.0 Å². The molecular weight excluding hydrogens is 320 g/mol. The maximum atomic E-state index is 12.3. The number of carbonyl (C=O) groups excluding carboxylic acids is 1. The zero-order valence-corrected chi connectivity index (χ0v) is 14.7. The van der Waals surface area contributed by atoms with Crippen molar-refractivity contribution in [2.75, 3.05) is 6.54 Å². The third-order valence-corrected chi connectivity index (χ3v) is 4.86. The Labute approximate surface area is 146 Å². The van der Waals surface area contributed by atoms with E-state index in [2.05, 4.69) is 42.4 Å². The van der Waals surface area contributed by atoms with Crippen LogP contribution in [0.15, 0.2) is 18.2 Å². The van der Waals surface area contributed by atoms with Crippen molar-refractivity contribution in [1.82, 2.24) is 19.9 Å². The molecule has 0 saturated carbocycles. The third-order valence-electron chi connectivity index (χ3n) is 4.86. The first-order chi connectivity index (χ1) is 11.8. The molecule has 0 radical (unpaired) electrons. The number of aromatic carboxylic acids is 1. The van der Waals surface area contributed by atoms with Crippen LogP contribution in [0, 0.1) is 26.7 Å². The van der Waals surface area contributed by atoms with E-state index >= 15 is 0 Å². The van der Waals surface area contributed by atoms with Crippen LogP contribution in [-0.4, -0.2) is 43.4 Å². The molecule has 1 fully saturated rings. The van der Waals surface area contributed by atoms with Gasteiger partial charge in [0.15, 0.2) is 5.69 Å². The van der Waals surface area contributed by atoms with Crippen LogP contribution >= 0.6 is 0 Å². The Morgan fingerprint density at radius 3 is 2.68 bits per heavy atom. The van der Waals surface area contributed by atoms with E-state index in [0.29, 0.717) is 31.7 Å². The summed E-state index contributed by atoms with van der Waals surface area (Å²) in [7, 11) is 0. The number of rotatable bonds is 5. The molecule has 2 heterocycles. The van der Waals surface area contributed by atoms with Gasteiger partial charge in [-0.25, -0.2) is 9.48 Å². The SMILES string of the molecule is Cc1ccc(CN2CC(Cn3nnc(C(=O)O)c3C)CC2=O)cc1C. The number of hydrogen-bond acceptors (Lipinski definition) is 4. The van der Waals surface area contributed by atoms with Crippen LogP contribution in [0.25, 0.3) is 0 Å². The highest BCUT2D eigenvalue weighted by Crippen LogP contribution is 2.23. The summed E-state index contributed by atoms with van der Waals surface area (Å²) in [5.74, 6) is -0.844. The summed E-state index contributed by atoms with van der Waals surface area (Å²) in [6.45, 7) is 7.58. The van der Waals surface area contributed by atoms with Gasteiger partial charge in [0.2, 0.25) is 5.91 Å². The molecule has 3 rings (SSSR count). The van der Waals surface area contributed by atoms with Gasteiger partial charge in [-0.3, -0.25) is 4.79 Å². The zero-order valence-electron chi connectivity index (χ0n) is 14.7. The Morgan fingerprint density at radius 2 is 2.04 bits per heavy atom. The molecule has 0 bridgehead atoms. The molecule has 25 heavy (non-hydrogen) atoms. The van der Waals surface area contributed by atoms with Gasteiger partial charge in [-0.05, 0) is 37.5 Å². The summed E-state index contributed by atoms with van der Waals surface area (Å²) in [4.78, 5) is 25.2. The number of carboxylic acids is 1. The van der Waals surface area contributed by atoms with E-state index in [1.165, 1.54) is 11.1 Å². The quantitative estimate of drug-likeness (QED) is 0.897.